The zero-order valence-corrected chi connectivity index (χ0v) is 9.29. The predicted molar refractivity (Wildman–Crippen MR) is 57.8 cm³/mol. The van der Waals surface area contributed by atoms with E-state index in [9.17, 15) is 0 Å². The fourth-order valence-electron chi connectivity index (χ4n) is 1.77. The molecule has 1 N–H and O–H groups in total. The third-order valence-electron chi connectivity index (χ3n) is 2.47. The van der Waals surface area contributed by atoms with Crippen molar-refractivity contribution in [2.75, 3.05) is 12.8 Å². The van der Waals surface area contributed by atoms with Crippen LogP contribution in [0.15, 0.2) is 0 Å². The summed E-state index contributed by atoms with van der Waals surface area (Å²) in [6.07, 6.45) is 4.22. The van der Waals surface area contributed by atoms with Gasteiger partial charge in [-0.3, -0.25) is 0 Å². The Morgan fingerprint density at radius 2 is 2.17 bits per heavy atom. The Bertz CT molecular complexity index is 125. The van der Waals surface area contributed by atoms with Crippen molar-refractivity contribution < 1.29 is 0 Å². The van der Waals surface area contributed by atoms with Crippen LogP contribution in [0.3, 0.4) is 0 Å². The maximum Gasteiger partial charge on any atom is 0.0201 e. The molecule has 1 aliphatic carbocycles. The Morgan fingerprint density at radius 1 is 1.42 bits per heavy atom. The molecule has 0 aromatic carbocycles. The van der Waals surface area contributed by atoms with E-state index in [1.807, 2.05) is 0 Å². The first-order chi connectivity index (χ1) is 5.74. The van der Waals surface area contributed by atoms with Gasteiger partial charge in [-0.15, -0.1) is 0 Å². The average molecular weight is 187 g/mol. The number of hydrogen-bond acceptors (Lipinski definition) is 2. The second kappa shape index (κ2) is 5.13. The zero-order chi connectivity index (χ0) is 8.97. The molecule has 2 unspecified atom stereocenters. The zero-order valence-electron chi connectivity index (χ0n) is 8.47. The molecule has 0 aliphatic heterocycles. The summed E-state index contributed by atoms with van der Waals surface area (Å²) in [7, 11) is 2.10. The number of nitrogens with one attached hydrogen (secondary N) is 1. The summed E-state index contributed by atoms with van der Waals surface area (Å²) in [6.45, 7) is 4.60. The van der Waals surface area contributed by atoms with E-state index < -0.39 is 0 Å². The van der Waals surface area contributed by atoms with E-state index in [-0.39, 0.29) is 0 Å². The van der Waals surface area contributed by atoms with Crippen molar-refractivity contribution in [3.63, 3.8) is 0 Å². The summed E-state index contributed by atoms with van der Waals surface area (Å²) < 4.78 is 0. The molecule has 0 aromatic heterocycles. The highest BCUT2D eigenvalue weighted by Gasteiger charge is 2.25. The lowest BCUT2D eigenvalue weighted by molar-refractivity contribution is 0.590. The number of thioether (sulfide) groups is 1. The standard InChI is InChI=1S/C10H21NS/c1-8(2)7-12-10-6-4-5-9(10)11-3/h8-11H,4-7H2,1-3H3. The van der Waals surface area contributed by atoms with Crippen LogP contribution in [-0.4, -0.2) is 24.1 Å². The minimum Gasteiger partial charge on any atom is -0.316 e. The first-order valence-corrected chi connectivity index (χ1v) is 6.07. The third-order valence-corrected chi connectivity index (χ3v) is 4.32. The second-order valence-corrected chi connectivity index (χ2v) is 5.36. The SMILES string of the molecule is CNC1CCCC1SCC(C)C. The van der Waals surface area contributed by atoms with Crippen LogP contribution in [-0.2, 0) is 0 Å². The molecular formula is C10H21NS. The van der Waals surface area contributed by atoms with E-state index in [2.05, 4.69) is 38.0 Å². The normalized spacial score (nSPS) is 30.0. The molecule has 0 amide bonds. The van der Waals surface area contributed by atoms with Crippen molar-refractivity contribution in [1.29, 1.82) is 0 Å². The van der Waals surface area contributed by atoms with Crippen LogP contribution in [0.1, 0.15) is 33.1 Å². The Balaban J connectivity index is 2.21. The van der Waals surface area contributed by atoms with E-state index in [0.29, 0.717) is 0 Å². The molecular weight excluding hydrogens is 166 g/mol. The predicted octanol–water partition coefficient (Wildman–Crippen LogP) is 2.52. The van der Waals surface area contributed by atoms with Gasteiger partial charge in [-0.1, -0.05) is 20.3 Å². The fraction of sp³-hybridized carbons (Fsp3) is 1.00. The molecule has 0 saturated heterocycles. The van der Waals surface area contributed by atoms with Gasteiger partial charge >= 0.3 is 0 Å². The molecule has 0 heterocycles. The molecule has 0 aromatic rings. The molecule has 2 atom stereocenters. The second-order valence-electron chi connectivity index (χ2n) is 4.09. The maximum absolute atomic E-state index is 3.42. The smallest absolute Gasteiger partial charge is 0.0201 e. The largest absolute Gasteiger partial charge is 0.316 e. The van der Waals surface area contributed by atoms with E-state index in [1.54, 1.807) is 0 Å². The Morgan fingerprint density at radius 3 is 2.75 bits per heavy atom. The van der Waals surface area contributed by atoms with Crippen LogP contribution in [0.25, 0.3) is 0 Å². The quantitative estimate of drug-likeness (QED) is 0.726. The van der Waals surface area contributed by atoms with Gasteiger partial charge in [0.15, 0.2) is 0 Å². The Hall–Kier alpha value is 0.310. The summed E-state index contributed by atoms with van der Waals surface area (Å²) in [4.78, 5) is 0. The van der Waals surface area contributed by atoms with Gasteiger partial charge in [-0.25, -0.2) is 0 Å². The van der Waals surface area contributed by atoms with Crippen LogP contribution >= 0.6 is 11.8 Å². The first kappa shape index (κ1) is 10.4. The molecule has 1 nitrogen and oxygen atoms in total. The molecule has 1 fully saturated rings. The minimum absolute atomic E-state index is 0.786. The van der Waals surface area contributed by atoms with Crippen LogP contribution in [0.5, 0.6) is 0 Å². The van der Waals surface area contributed by atoms with Crippen molar-refractivity contribution in [2.24, 2.45) is 5.92 Å². The third kappa shape index (κ3) is 2.98. The topological polar surface area (TPSA) is 12.0 Å². The number of rotatable bonds is 4. The molecule has 1 rings (SSSR count). The van der Waals surface area contributed by atoms with Crippen molar-refractivity contribution in [3.05, 3.63) is 0 Å². The summed E-state index contributed by atoms with van der Waals surface area (Å²) >= 11 is 2.16. The van der Waals surface area contributed by atoms with Gasteiger partial charge < -0.3 is 5.32 Å². The fourth-order valence-corrected chi connectivity index (χ4v) is 3.24. The molecule has 2 heteroatoms. The lowest BCUT2D eigenvalue weighted by Crippen LogP contribution is -2.31. The Labute approximate surface area is 80.7 Å². The number of hydrogen-bond donors (Lipinski definition) is 1. The molecule has 12 heavy (non-hydrogen) atoms. The highest BCUT2D eigenvalue weighted by Crippen LogP contribution is 2.30. The van der Waals surface area contributed by atoms with Crippen molar-refractivity contribution in [3.8, 4) is 0 Å². The molecule has 1 saturated carbocycles. The minimum atomic E-state index is 0.786. The molecule has 72 valence electrons. The maximum atomic E-state index is 3.42. The van der Waals surface area contributed by atoms with Gasteiger partial charge in [0.25, 0.3) is 0 Å². The van der Waals surface area contributed by atoms with Crippen LogP contribution < -0.4 is 5.32 Å². The average Bonchev–Trinajstić information content (AvgIpc) is 2.47. The van der Waals surface area contributed by atoms with Gasteiger partial charge in [0.05, 0.1) is 0 Å². The summed E-state index contributed by atoms with van der Waals surface area (Å²) in [5, 5.41) is 4.30. The van der Waals surface area contributed by atoms with Gasteiger partial charge in [-0.05, 0) is 31.6 Å². The van der Waals surface area contributed by atoms with E-state index in [4.69, 9.17) is 0 Å². The van der Waals surface area contributed by atoms with Gasteiger partial charge in [-0.2, -0.15) is 11.8 Å². The molecule has 1 aliphatic rings. The van der Waals surface area contributed by atoms with Crippen LogP contribution in [0, 0.1) is 5.92 Å². The lowest BCUT2D eigenvalue weighted by atomic mass is 10.2. The summed E-state index contributed by atoms with van der Waals surface area (Å²) in [6, 6.07) is 0.786. The summed E-state index contributed by atoms with van der Waals surface area (Å²) in [5.74, 6) is 2.16. The van der Waals surface area contributed by atoms with E-state index in [0.717, 1.165) is 17.2 Å². The molecule has 0 spiro atoms. The summed E-state index contributed by atoms with van der Waals surface area (Å²) in [5.41, 5.74) is 0. The van der Waals surface area contributed by atoms with Crippen molar-refractivity contribution in [2.45, 2.75) is 44.4 Å². The highest BCUT2D eigenvalue weighted by molar-refractivity contribution is 7.99. The monoisotopic (exact) mass is 187 g/mol. The highest BCUT2D eigenvalue weighted by atomic mass is 32.2. The lowest BCUT2D eigenvalue weighted by Gasteiger charge is -2.19. The van der Waals surface area contributed by atoms with Gasteiger partial charge in [0.1, 0.15) is 0 Å². The van der Waals surface area contributed by atoms with Gasteiger partial charge in [0.2, 0.25) is 0 Å². The van der Waals surface area contributed by atoms with Crippen molar-refractivity contribution >= 4 is 11.8 Å². The van der Waals surface area contributed by atoms with Crippen molar-refractivity contribution in [1.82, 2.24) is 5.32 Å². The van der Waals surface area contributed by atoms with E-state index >= 15 is 0 Å². The Kier molecular flexibility index (Phi) is 4.44. The first-order valence-electron chi connectivity index (χ1n) is 5.03. The molecule has 0 bridgehead atoms. The van der Waals surface area contributed by atoms with Crippen LogP contribution in [0.4, 0.5) is 0 Å². The molecule has 0 radical (unpaired) electrons. The van der Waals surface area contributed by atoms with Gasteiger partial charge in [0, 0.05) is 11.3 Å². The van der Waals surface area contributed by atoms with Crippen LogP contribution in [0.2, 0.25) is 0 Å². The van der Waals surface area contributed by atoms with E-state index in [1.165, 1.54) is 25.0 Å².